The van der Waals surface area contributed by atoms with E-state index in [1.165, 1.54) is 12.1 Å². The molecule has 0 bridgehead atoms. The second-order valence-electron chi connectivity index (χ2n) is 4.97. The minimum absolute atomic E-state index is 0.0464. The molecule has 0 radical (unpaired) electrons. The molecule has 0 unspecified atom stereocenters. The van der Waals surface area contributed by atoms with Gasteiger partial charge in [-0.25, -0.2) is 9.18 Å². The lowest BCUT2D eigenvalue weighted by Crippen LogP contribution is -2.49. The standard InChI is InChI=1S/C14H18ClFN2O2/c1-9-8-18(5-6-20-9)14(19)17-10(2)11-3-4-13(16)12(15)7-11/h3-4,7,9-10H,5-6,8H2,1-2H3,(H,17,19)/t9-,10-/m1/s1. The Morgan fingerprint density at radius 2 is 2.35 bits per heavy atom. The van der Waals surface area contributed by atoms with Gasteiger partial charge in [0.2, 0.25) is 0 Å². The molecule has 6 heteroatoms. The van der Waals surface area contributed by atoms with E-state index in [1.54, 1.807) is 11.0 Å². The molecule has 1 saturated heterocycles. The summed E-state index contributed by atoms with van der Waals surface area (Å²) >= 11 is 5.75. The first-order valence-corrected chi connectivity index (χ1v) is 6.97. The van der Waals surface area contributed by atoms with Crippen molar-refractivity contribution in [2.45, 2.75) is 26.0 Å². The maximum absolute atomic E-state index is 13.1. The largest absolute Gasteiger partial charge is 0.375 e. The van der Waals surface area contributed by atoms with Crippen molar-refractivity contribution in [3.05, 3.63) is 34.6 Å². The molecule has 0 saturated carbocycles. The van der Waals surface area contributed by atoms with Crippen LogP contribution in [0.2, 0.25) is 5.02 Å². The maximum Gasteiger partial charge on any atom is 0.318 e. The van der Waals surface area contributed by atoms with E-state index in [9.17, 15) is 9.18 Å². The lowest BCUT2D eigenvalue weighted by molar-refractivity contribution is -0.00380. The van der Waals surface area contributed by atoms with Crippen LogP contribution in [0.15, 0.2) is 18.2 Å². The minimum atomic E-state index is -0.462. The summed E-state index contributed by atoms with van der Waals surface area (Å²) in [6.45, 7) is 5.47. The number of morpholine rings is 1. The lowest BCUT2D eigenvalue weighted by atomic mass is 10.1. The first kappa shape index (κ1) is 15.1. The summed E-state index contributed by atoms with van der Waals surface area (Å²) < 4.78 is 18.5. The van der Waals surface area contributed by atoms with Gasteiger partial charge in [0.05, 0.1) is 23.8 Å². The molecule has 1 aliphatic rings. The van der Waals surface area contributed by atoms with E-state index in [0.717, 1.165) is 5.56 Å². The van der Waals surface area contributed by atoms with Crippen molar-refractivity contribution in [3.8, 4) is 0 Å². The van der Waals surface area contributed by atoms with Crippen LogP contribution in [0.25, 0.3) is 0 Å². The normalized spacial score (nSPS) is 20.6. The quantitative estimate of drug-likeness (QED) is 0.912. The number of carbonyl (C=O) groups is 1. The average molecular weight is 301 g/mol. The van der Waals surface area contributed by atoms with Crippen LogP contribution in [-0.2, 0) is 4.74 Å². The number of benzene rings is 1. The van der Waals surface area contributed by atoms with Crippen LogP contribution >= 0.6 is 11.6 Å². The highest BCUT2D eigenvalue weighted by atomic mass is 35.5. The molecule has 1 fully saturated rings. The highest BCUT2D eigenvalue weighted by Crippen LogP contribution is 2.21. The Kier molecular flexibility index (Phi) is 4.83. The fourth-order valence-electron chi connectivity index (χ4n) is 2.14. The van der Waals surface area contributed by atoms with Gasteiger partial charge in [-0.15, -0.1) is 0 Å². The fourth-order valence-corrected chi connectivity index (χ4v) is 2.33. The smallest absolute Gasteiger partial charge is 0.318 e. The number of urea groups is 1. The van der Waals surface area contributed by atoms with E-state index >= 15 is 0 Å². The zero-order valence-corrected chi connectivity index (χ0v) is 12.3. The highest BCUT2D eigenvalue weighted by Gasteiger charge is 2.22. The van der Waals surface area contributed by atoms with E-state index < -0.39 is 5.82 Å². The molecule has 0 aliphatic carbocycles. The monoisotopic (exact) mass is 300 g/mol. The van der Waals surface area contributed by atoms with E-state index in [1.807, 2.05) is 13.8 Å². The average Bonchev–Trinajstić information content (AvgIpc) is 2.41. The molecular formula is C14H18ClFN2O2. The molecule has 1 N–H and O–H groups in total. The number of rotatable bonds is 2. The molecule has 2 atom stereocenters. The van der Waals surface area contributed by atoms with Crippen molar-refractivity contribution in [1.82, 2.24) is 10.2 Å². The van der Waals surface area contributed by atoms with Crippen LogP contribution < -0.4 is 5.32 Å². The summed E-state index contributed by atoms with van der Waals surface area (Å²) in [5.41, 5.74) is 0.769. The summed E-state index contributed by atoms with van der Waals surface area (Å²) in [6.07, 6.45) is 0.0464. The zero-order valence-electron chi connectivity index (χ0n) is 11.5. The Balaban J connectivity index is 1.97. The Morgan fingerprint density at radius 3 is 3.00 bits per heavy atom. The van der Waals surface area contributed by atoms with Crippen LogP contribution in [-0.4, -0.2) is 36.7 Å². The summed E-state index contributed by atoms with van der Waals surface area (Å²) in [6, 6.07) is 4.07. The molecule has 2 amide bonds. The summed E-state index contributed by atoms with van der Waals surface area (Å²) in [5.74, 6) is -0.462. The number of nitrogens with one attached hydrogen (secondary N) is 1. The van der Waals surface area contributed by atoms with Gasteiger partial charge in [0.15, 0.2) is 0 Å². The Bertz CT molecular complexity index is 498. The fraction of sp³-hybridized carbons (Fsp3) is 0.500. The predicted molar refractivity (Wildman–Crippen MR) is 75.3 cm³/mol. The van der Waals surface area contributed by atoms with Gasteiger partial charge in [-0.3, -0.25) is 0 Å². The first-order chi connectivity index (χ1) is 9.47. The number of hydrogen-bond acceptors (Lipinski definition) is 2. The van der Waals surface area contributed by atoms with Gasteiger partial charge in [-0.05, 0) is 31.5 Å². The predicted octanol–water partition coefficient (Wildman–Crippen LogP) is 2.97. The van der Waals surface area contributed by atoms with Crippen LogP contribution in [0.1, 0.15) is 25.5 Å². The minimum Gasteiger partial charge on any atom is -0.375 e. The van der Waals surface area contributed by atoms with Crippen LogP contribution in [0.5, 0.6) is 0 Å². The Labute approximate surface area is 122 Å². The van der Waals surface area contributed by atoms with Crippen molar-refractivity contribution >= 4 is 17.6 Å². The van der Waals surface area contributed by atoms with Crippen molar-refractivity contribution in [3.63, 3.8) is 0 Å². The summed E-state index contributed by atoms with van der Waals surface area (Å²) in [7, 11) is 0. The molecule has 1 aliphatic heterocycles. The summed E-state index contributed by atoms with van der Waals surface area (Å²) in [4.78, 5) is 13.8. The molecular weight excluding hydrogens is 283 g/mol. The molecule has 0 aromatic heterocycles. The molecule has 1 heterocycles. The molecule has 20 heavy (non-hydrogen) atoms. The Hall–Kier alpha value is -1.33. The molecule has 1 aromatic rings. The number of carbonyl (C=O) groups excluding carboxylic acids is 1. The third kappa shape index (κ3) is 3.61. The number of hydrogen-bond donors (Lipinski definition) is 1. The first-order valence-electron chi connectivity index (χ1n) is 6.59. The number of halogens is 2. The van der Waals surface area contributed by atoms with E-state index in [0.29, 0.717) is 19.7 Å². The second-order valence-corrected chi connectivity index (χ2v) is 5.38. The lowest BCUT2D eigenvalue weighted by Gasteiger charge is -2.32. The van der Waals surface area contributed by atoms with Gasteiger partial charge in [-0.2, -0.15) is 0 Å². The highest BCUT2D eigenvalue weighted by molar-refractivity contribution is 6.30. The van der Waals surface area contributed by atoms with Crippen molar-refractivity contribution in [1.29, 1.82) is 0 Å². The number of amides is 2. The third-order valence-electron chi connectivity index (χ3n) is 3.31. The molecule has 1 aromatic carbocycles. The maximum atomic E-state index is 13.1. The van der Waals surface area contributed by atoms with E-state index in [4.69, 9.17) is 16.3 Å². The molecule has 2 rings (SSSR count). The van der Waals surface area contributed by atoms with Crippen LogP contribution in [0.3, 0.4) is 0 Å². The topological polar surface area (TPSA) is 41.6 Å². The van der Waals surface area contributed by atoms with E-state index in [2.05, 4.69) is 5.32 Å². The summed E-state index contributed by atoms with van der Waals surface area (Å²) in [5, 5.41) is 2.94. The molecule has 110 valence electrons. The van der Waals surface area contributed by atoms with Gasteiger partial charge in [-0.1, -0.05) is 17.7 Å². The van der Waals surface area contributed by atoms with Gasteiger partial charge < -0.3 is 15.0 Å². The SMILES string of the molecule is C[C@@H]1CN(C(=O)N[C@H](C)c2ccc(F)c(Cl)c2)CCO1. The van der Waals surface area contributed by atoms with Gasteiger partial charge >= 0.3 is 6.03 Å². The van der Waals surface area contributed by atoms with Crippen LogP contribution in [0, 0.1) is 5.82 Å². The Morgan fingerprint density at radius 1 is 1.60 bits per heavy atom. The third-order valence-corrected chi connectivity index (χ3v) is 3.60. The molecule has 0 spiro atoms. The van der Waals surface area contributed by atoms with Gasteiger partial charge in [0.25, 0.3) is 0 Å². The zero-order chi connectivity index (χ0) is 14.7. The number of nitrogens with zero attached hydrogens (tertiary/aromatic N) is 1. The van der Waals surface area contributed by atoms with Crippen molar-refractivity contribution < 1.29 is 13.9 Å². The second kappa shape index (κ2) is 6.41. The van der Waals surface area contributed by atoms with Crippen molar-refractivity contribution in [2.75, 3.05) is 19.7 Å². The van der Waals surface area contributed by atoms with Gasteiger partial charge in [0, 0.05) is 13.1 Å². The van der Waals surface area contributed by atoms with Crippen LogP contribution in [0.4, 0.5) is 9.18 Å². The van der Waals surface area contributed by atoms with Crippen molar-refractivity contribution in [2.24, 2.45) is 0 Å². The number of ether oxygens (including phenoxy) is 1. The van der Waals surface area contributed by atoms with Gasteiger partial charge in [0.1, 0.15) is 5.82 Å². The van der Waals surface area contributed by atoms with E-state index in [-0.39, 0.29) is 23.2 Å². The molecule has 4 nitrogen and oxygen atoms in total.